The van der Waals surface area contributed by atoms with Crippen LogP contribution < -0.4 is 5.32 Å². The van der Waals surface area contributed by atoms with Crippen molar-refractivity contribution in [1.82, 2.24) is 4.98 Å². The molecule has 3 nitrogen and oxygen atoms in total. The minimum Gasteiger partial charge on any atom is -0.325 e. The first-order chi connectivity index (χ1) is 12.2. The Morgan fingerprint density at radius 3 is 2.46 bits per heavy atom. The number of nitrogens with zero attached hydrogens (tertiary/aromatic N) is 1. The number of carbonyl (C=O) groups excluding carboxylic acids is 1. The largest absolute Gasteiger partial charge is 0.417 e. The van der Waals surface area contributed by atoms with Crippen LogP contribution >= 0.6 is 11.8 Å². The average Bonchev–Trinajstić information content (AvgIpc) is 2.61. The predicted octanol–water partition coefficient (Wildman–Crippen LogP) is 5.73. The van der Waals surface area contributed by atoms with Crippen LogP contribution in [0.1, 0.15) is 44.2 Å². The van der Waals surface area contributed by atoms with Crippen molar-refractivity contribution in [3.05, 3.63) is 53.7 Å². The van der Waals surface area contributed by atoms with Gasteiger partial charge in [0.2, 0.25) is 5.91 Å². The zero-order valence-corrected chi connectivity index (χ0v) is 15.6. The van der Waals surface area contributed by atoms with Crippen molar-refractivity contribution >= 4 is 23.4 Å². The molecule has 140 valence electrons. The Kier molecular flexibility index (Phi) is 6.69. The molecule has 0 spiro atoms. The fourth-order valence-corrected chi connectivity index (χ4v) is 3.14. The molecule has 2 atom stereocenters. The second kappa shape index (κ2) is 8.58. The van der Waals surface area contributed by atoms with Crippen LogP contribution in [-0.2, 0) is 11.0 Å². The number of para-hydroxylation sites is 1. The number of hydrogen-bond acceptors (Lipinski definition) is 3. The highest BCUT2D eigenvalue weighted by molar-refractivity contribution is 8.00. The second-order valence-corrected chi connectivity index (χ2v) is 7.39. The van der Waals surface area contributed by atoms with Gasteiger partial charge in [0.05, 0.1) is 15.8 Å². The van der Waals surface area contributed by atoms with Crippen LogP contribution in [0.25, 0.3) is 0 Å². The molecule has 0 aliphatic carbocycles. The fourth-order valence-electron chi connectivity index (χ4n) is 2.35. The number of pyridine rings is 1. The van der Waals surface area contributed by atoms with E-state index in [9.17, 15) is 18.0 Å². The molecule has 2 unspecified atom stereocenters. The summed E-state index contributed by atoms with van der Waals surface area (Å²) in [7, 11) is 0. The van der Waals surface area contributed by atoms with Crippen LogP contribution in [0.15, 0.2) is 47.6 Å². The van der Waals surface area contributed by atoms with Crippen LogP contribution in [0.2, 0.25) is 0 Å². The van der Waals surface area contributed by atoms with E-state index in [-0.39, 0.29) is 5.91 Å². The quantitative estimate of drug-likeness (QED) is 0.649. The van der Waals surface area contributed by atoms with Crippen molar-refractivity contribution in [1.29, 1.82) is 0 Å². The topological polar surface area (TPSA) is 42.0 Å². The van der Waals surface area contributed by atoms with Gasteiger partial charge in [-0.2, -0.15) is 13.2 Å². The summed E-state index contributed by atoms with van der Waals surface area (Å²) < 4.78 is 37.7. The maximum atomic E-state index is 12.6. The number of nitrogens with one attached hydrogen (secondary N) is 1. The molecule has 26 heavy (non-hydrogen) atoms. The smallest absolute Gasteiger partial charge is 0.325 e. The van der Waals surface area contributed by atoms with E-state index in [1.165, 1.54) is 6.07 Å². The molecule has 0 saturated carbocycles. The molecule has 1 aromatic carbocycles. The number of halogens is 3. The van der Waals surface area contributed by atoms with Crippen LogP contribution in [0.5, 0.6) is 0 Å². The molecule has 0 fully saturated rings. The summed E-state index contributed by atoms with van der Waals surface area (Å²) in [6.45, 7) is 5.87. The molecule has 7 heteroatoms. The zero-order chi connectivity index (χ0) is 19.3. The van der Waals surface area contributed by atoms with Crippen molar-refractivity contribution in [2.75, 3.05) is 5.32 Å². The summed E-state index contributed by atoms with van der Waals surface area (Å²) in [5, 5.41) is 2.79. The van der Waals surface area contributed by atoms with Gasteiger partial charge in [-0.25, -0.2) is 4.98 Å². The van der Waals surface area contributed by atoms with Crippen LogP contribution in [0, 0.1) is 0 Å². The van der Waals surface area contributed by atoms with E-state index in [1.54, 1.807) is 6.92 Å². The highest BCUT2D eigenvalue weighted by atomic mass is 32.2. The first kappa shape index (κ1) is 20.3. The number of rotatable bonds is 6. The Balaban J connectivity index is 2.04. The number of carbonyl (C=O) groups is 1. The molecule has 0 aliphatic heterocycles. The Hall–Kier alpha value is -2.02. The summed E-state index contributed by atoms with van der Waals surface area (Å²) in [4.78, 5) is 16.3. The minimum absolute atomic E-state index is 0.215. The van der Waals surface area contributed by atoms with Gasteiger partial charge in [-0.05, 0) is 43.0 Å². The number of alkyl halides is 3. The van der Waals surface area contributed by atoms with Crippen molar-refractivity contribution in [3.63, 3.8) is 0 Å². The van der Waals surface area contributed by atoms with Gasteiger partial charge in [0.1, 0.15) is 0 Å². The molecule has 0 saturated heterocycles. The third kappa shape index (κ3) is 5.24. The molecule has 1 aromatic heterocycles. The van der Waals surface area contributed by atoms with Gasteiger partial charge in [0, 0.05) is 11.9 Å². The fraction of sp³-hybridized carbons (Fsp3) is 0.368. The standard InChI is InChI=1S/C19H21F3N2OS/c1-4-12(2)15-7-5-6-8-16(15)24-18(25)13(3)26-17-10-9-14(11-23-17)19(20,21)22/h5-13H,4H2,1-3H3,(H,24,25). The van der Waals surface area contributed by atoms with Gasteiger partial charge in [-0.15, -0.1) is 0 Å². The van der Waals surface area contributed by atoms with Crippen molar-refractivity contribution in [2.45, 2.75) is 49.6 Å². The van der Waals surface area contributed by atoms with Crippen LogP contribution in [-0.4, -0.2) is 16.1 Å². The molecule has 1 heterocycles. The van der Waals surface area contributed by atoms with Crippen molar-refractivity contribution in [3.8, 4) is 0 Å². The van der Waals surface area contributed by atoms with Gasteiger partial charge in [-0.1, -0.05) is 43.8 Å². The van der Waals surface area contributed by atoms with Crippen molar-refractivity contribution in [2.24, 2.45) is 0 Å². The molecular weight excluding hydrogens is 361 g/mol. The molecule has 1 amide bonds. The Morgan fingerprint density at radius 1 is 1.19 bits per heavy atom. The summed E-state index contributed by atoms with van der Waals surface area (Å²) in [5.41, 5.74) is 1.02. The lowest BCUT2D eigenvalue weighted by Gasteiger charge is -2.17. The van der Waals surface area contributed by atoms with Gasteiger partial charge < -0.3 is 5.32 Å². The van der Waals surface area contributed by atoms with E-state index in [0.29, 0.717) is 10.9 Å². The van der Waals surface area contributed by atoms with E-state index < -0.39 is 17.0 Å². The first-order valence-electron chi connectivity index (χ1n) is 8.32. The zero-order valence-electron chi connectivity index (χ0n) is 14.8. The third-order valence-corrected chi connectivity index (χ3v) is 5.14. The highest BCUT2D eigenvalue weighted by Gasteiger charge is 2.30. The molecule has 0 radical (unpaired) electrons. The molecule has 2 aromatic rings. The van der Waals surface area contributed by atoms with E-state index in [1.807, 2.05) is 24.3 Å². The van der Waals surface area contributed by atoms with Gasteiger partial charge >= 0.3 is 6.18 Å². The molecule has 0 bridgehead atoms. The number of aromatic nitrogens is 1. The maximum absolute atomic E-state index is 12.6. The second-order valence-electron chi connectivity index (χ2n) is 6.03. The Labute approximate surface area is 155 Å². The van der Waals surface area contributed by atoms with E-state index in [2.05, 4.69) is 24.1 Å². The summed E-state index contributed by atoms with van der Waals surface area (Å²) >= 11 is 1.12. The summed E-state index contributed by atoms with van der Waals surface area (Å²) in [6, 6.07) is 9.88. The molecule has 2 rings (SSSR count). The number of amides is 1. The van der Waals surface area contributed by atoms with E-state index in [0.717, 1.165) is 41.7 Å². The molecule has 0 aliphatic rings. The van der Waals surface area contributed by atoms with Crippen LogP contribution in [0.3, 0.4) is 0 Å². The number of benzene rings is 1. The summed E-state index contributed by atoms with van der Waals surface area (Å²) in [6.07, 6.45) is -2.68. The lowest BCUT2D eigenvalue weighted by atomic mass is 9.97. The third-order valence-electron chi connectivity index (χ3n) is 4.09. The molecular formula is C19H21F3N2OS. The van der Waals surface area contributed by atoms with Crippen LogP contribution in [0.4, 0.5) is 18.9 Å². The maximum Gasteiger partial charge on any atom is 0.417 e. The minimum atomic E-state index is -4.42. The monoisotopic (exact) mass is 382 g/mol. The van der Waals surface area contributed by atoms with E-state index >= 15 is 0 Å². The lowest BCUT2D eigenvalue weighted by Crippen LogP contribution is -2.23. The molecule has 1 N–H and O–H groups in total. The lowest BCUT2D eigenvalue weighted by molar-refractivity contribution is -0.137. The first-order valence-corrected chi connectivity index (χ1v) is 9.20. The number of thioether (sulfide) groups is 1. The summed E-state index contributed by atoms with van der Waals surface area (Å²) in [5.74, 6) is 0.0958. The Morgan fingerprint density at radius 2 is 1.88 bits per heavy atom. The van der Waals surface area contributed by atoms with Gasteiger partial charge in [0.25, 0.3) is 0 Å². The number of hydrogen-bond donors (Lipinski definition) is 1. The SMILES string of the molecule is CCC(C)c1ccccc1NC(=O)C(C)Sc1ccc(C(F)(F)F)cn1. The number of anilines is 1. The normalized spacial score (nSPS) is 13.9. The average molecular weight is 382 g/mol. The highest BCUT2D eigenvalue weighted by Crippen LogP contribution is 2.31. The Bertz CT molecular complexity index is 747. The van der Waals surface area contributed by atoms with Crippen molar-refractivity contribution < 1.29 is 18.0 Å². The van der Waals surface area contributed by atoms with Gasteiger partial charge in [0.15, 0.2) is 0 Å². The van der Waals surface area contributed by atoms with Gasteiger partial charge in [-0.3, -0.25) is 4.79 Å². The predicted molar refractivity (Wildman–Crippen MR) is 98.3 cm³/mol. The van der Waals surface area contributed by atoms with E-state index in [4.69, 9.17) is 0 Å².